The molecule has 0 radical (unpaired) electrons. The Hall–Kier alpha value is -2.86. The van der Waals surface area contributed by atoms with Gasteiger partial charge in [0.05, 0.1) is 19.3 Å². The summed E-state index contributed by atoms with van der Waals surface area (Å²) in [6.07, 6.45) is 46.6. The summed E-state index contributed by atoms with van der Waals surface area (Å²) < 4.78 is 32.7. The van der Waals surface area contributed by atoms with E-state index in [9.17, 15) is 28.9 Å². The lowest BCUT2D eigenvalue weighted by atomic mass is 10.1. The Labute approximate surface area is 369 Å². The SMILES string of the molecule is CCCCCCCC/C=C\CCCCCCCCCCCC(=O)OC[C@H](COP(=O)(O)OC[C@H](N)C(=O)O)OC(=O)CCC/C=C\C/C=C\C/C=C\C/C=C\CC[C@H](O)CC. The second kappa shape index (κ2) is 42.4. The number of aliphatic hydroxyl groups is 1. The topological polar surface area (TPSA) is 192 Å². The molecule has 0 aliphatic rings. The molecule has 0 saturated heterocycles. The number of unbranched alkanes of at least 4 members (excludes halogenated alkanes) is 16. The number of phosphoric ester groups is 1. The molecular weight excluding hydrogens is 797 g/mol. The van der Waals surface area contributed by atoms with Crippen LogP contribution in [0.5, 0.6) is 0 Å². The van der Waals surface area contributed by atoms with Crippen molar-refractivity contribution in [1.29, 1.82) is 0 Å². The second-order valence-electron chi connectivity index (χ2n) is 15.7. The first kappa shape index (κ1) is 58.1. The second-order valence-corrected chi connectivity index (χ2v) is 17.1. The molecule has 1 unspecified atom stereocenters. The highest BCUT2D eigenvalue weighted by atomic mass is 31.2. The summed E-state index contributed by atoms with van der Waals surface area (Å²) in [6.45, 7) is 2.46. The smallest absolute Gasteiger partial charge is 0.472 e. The third kappa shape index (κ3) is 42.2. The molecule has 13 heteroatoms. The van der Waals surface area contributed by atoms with Crippen LogP contribution in [0.2, 0.25) is 0 Å². The van der Waals surface area contributed by atoms with Crippen molar-refractivity contribution in [3.8, 4) is 0 Å². The van der Waals surface area contributed by atoms with Crippen LogP contribution < -0.4 is 5.73 Å². The minimum absolute atomic E-state index is 0.0699. The van der Waals surface area contributed by atoms with E-state index in [0.29, 0.717) is 19.3 Å². The summed E-state index contributed by atoms with van der Waals surface area (Å²) in [4.78, 5) is 46.0. The number of carbonyl (C=O) groups excluding carboxylic acids is 2. The van der Waals surface area contributed by atoms with Gasteiger partial charge in [-0.3, -0.25) is 23.4 Å². The van der Waals surface area contributed by atoms with Gasteiger partial charge in [-0.2, -0.15) is 0 Å². The van der Waals surface area contributed by atoms with Gasteiger partial charge < -0.3 is 30.3 Å². The lowest BCUT2D eigenvalue weighted by molar-refractivity contribution is -0.161. The molecule has 0 aliphatic carbocycles. The number of esters is 2. The lowest BCUT2D eigenvalue weighted by Crippen LogP contribution is -2.34. The maximum atomic E-state index is 12.6. The fourth-order valence-electron chi connectivity index (χ4n) is 6.03. The molecule has 5 N–H and O–H groups in total. The minimum atomic E-state index is -4.74. The average Bonchev–Trinajstić information content (AvgIpc) is 3.24. The number of ether oxygens (including phenoxy) is 2. The Balaban J connectivity index is 4.41. The first-order valence-electron chi connectivity index (χ1n) is 23.4. The molecule has 0 saturated carbocycles. The molecule has 0 aromatic heterocycles. The number of nitrogens with two attached hydrogens (primary N) is 1. The van der Waals surface area contributed by atoms with Crippen LogP contribution in [0.3, 0.4) is 0 Å². The number of aliphatic hydroxyl groups excluding tert-OH is 1. The van der Waals surface area contributed by atoms with Gasteiger partial charge in [0.2, 0.25) is 0 Å². The Kier molecular flexibility index (Phi) is 40.5. The zero-order valence-electron chi connectivity index (χ0n) is 37.9. The number of allylic oxidation sites excluding steroid dienone is 10. The maximum Gasteiger partial charge on any atom is 0.472 e. The molecule has 0 rings (SSSR count). The van der Waals surface area contributed by atoms with Gasteiger partial charge in [-0.25, -0.2) is 4.57 Å². The van der Waals surface area contributed by atoms with Crippen LogP contribution in [0.4, 0.5) is 0 Å². The molecule has 0 amide bonds. The first-order chi connectivity index (χ1) is 29.5. The third-order valence-electron chi connectivity index (χ3n) is 9.90. The Bertz CT molecular complexity index is 1280. The predicted octanol–water partition coefficient (Wildman–Crippen LogP) is 11.7. The fraction of sp³-hybridized carbons (Fsp3) is 0.729. The molecule has 12 nitrogen and oxygen atoms in total. The van der Waals surface area contributed by atoms with Crippen LogP contribution >= 0.6 is 7.82 Å². The Morgan fingerprint density at radius 2 is 1.02 bits per heavy atom. The Morgan fingerprint density at radius 1 is 0.574 bits per heavy atom. The van der Waals surface area contributed by atoms with Gasteiger partial charge in [-0.15, -0.1) is 0 Å². The predicted molar refractivity (Wildman–Crippen MR) is 246 cm³/mol. The van der Waals surface area contributed by atoms with Gasteiger partial charge in [-0.05, 0) is 83.5 Å². The van der Waals surface area contributed by atoms with E-state index < -0.39 is 51.1 Å². The van der Waals surface area contributed by atoms with E-state index in [1.807, 2.05) is 19.1 Å². The number of rotatable bonds is 43. The summed E-state index contributed by atoms with van der Waals surface area (Å²) in [5, 5.41) is 18.5. The van der Waals surface area contributed by atoms with Crippen molar-refractivity contribution in [3.05, 3.63) is 60.8 Å². The number of aliphatic carboxylic acids is 1. The van der Waals surface area contributed by atoms with Crippen LogP contribution in [0.15, 0.2) is 60.8 Å². The molecule has 0 fully saturated rings. The van der Waals surface area contributed by atoms with Gasteiger partial charge in [0.15, 0.2) is 6.10 Å². The van der Waals surface area contributed by atoms with E-state index >= 15 is 0 Å². The standard InChI is InChI=1S/C48H84NO11P/c1-3-5-6-7-8-9-10-11-12-13-14-15-16-20-23-26-29-32-35-38-46(51)57-40-44(41-58-61(55,56)59-42-45(49)48(53)54)60-47(52)39-36-33-30-27-24-21-18-17-19-22-25-28-31-34-37-43(50)4-2/h11-12,18-19,21-22,27-28,30-31,43-45,50H,3-10,13-17,20,23-26,29,32-42,49H2,1-2H3,(H,53,54)(H,55,56)/b12-11-,21-18-,22-19-,30-27-,31-28-/t43-,44-,45+/m1/s1. The van der Waals surface area contributed by atoms with E-state index in [1.54, 1.807) is 0 Å². The molecule has 61 heavy (non-hydrogen) atoms. The molecule has 0 spiro atoms. The van der Waals surface area contributed by atoms with Gasteiger partial charge in [0, 0.05) is 12.8 Å². The highest BCUT2D eigenvalue weighted by Crippen LogP contribution is 2.43. The van der Waals surface area contributed by atoms with Crippen molar-refractivity contribution < 1.29 is 52.6 Å². The first-order valence-corrected chi connectivity index (χ1v) is 24.9. The number of carboxylic acid groups (broad SMARTS) is 1. The summed E-state index contributed by atoms with van der Waals surface area (Å²) in [6, 6.07) is -1.54. The van der Waals surface area contributed by atoms with E-state index in [4.69, 9.17) is 24.8 Å². The normalized spacial score (nSPS) is 14.7. The number of hydrogen-bond acceptors (Lipinski definition) is 10. The number of carbonyl (C=O) groups is 3. The molecule has 0 aromatic carbocycles. The van der Waals surface area contributed by atoms with E-state index in [2.05, 4.69) is 60.1 Å². The molecule has 0 aliphatic heterocycles. The Morgan fingerprint density at radius 3 is 1.56 bits per heavy atom. The summed E-state index contributed by atoms with van der Waals surface area (Å²) in [5.74, 6) is -2.48. The molecular formula is C48H84NO11P. The van der Waals surface area contributed by atoms with Crippen molar-refractivity contribution in [2.45, 2.75) is 205 Å². The van der Waals surface area contributed by atoms with Crippen molar-refractivity contribution in [3.63, 3.8) is 0 Å². The molecule has 0 aromatic rings. The zero-order chi connectivity index (χ0) is 45.1. The quantitative estimate of drug-likeness (QED) is 0.0196. The van der Waals surface area contributed by atoms with E-state index in [0.717, 1.165) is 57.8 Å². The molecule has 352 valence electrons. The van der Waals surface area contributed by atoms with Gasteiger partial charge in [0.25, 0.3) is 0 Å². The minimum Gasteiger partial charge on any atom is -0.480 e. The van der Waals surface area contributed by atoms with Gasteiger partial charge >= 0.3 is 25.7 Å². The highest BCUT2D eigenvalue weighted by Gasteiger charge is 2.28. The van der Waals surface area contributed by atoms with Crippen LogP contribution in [0.1, 0.15) is 187 Å². The zero-order valence-corrected chi connectivity index (χ0v) is 38.7. The van der Waals surface area contributed by atoms with Crippen LogP contribution in [0, 0.1) is 0 Å². The largest absolute Gasteiger partial charge is 0.480 e. The van der Waals surface area contributed by atoms with Crippen LogP contribution in [0.25, 0.3) is 0 Å². The van der Waals surface area contributed by atoms with Crippen LogP contribution in [-0.4, -0.2) is 71.1 Å². The van der Waals surface area contributed by atoms with Crippen molar-refractivity contribution in [1.82, 2.24) is 0 Å². The number of carboxylic acids is 1. The number of phosphoric acid groups is 1. The third-order valence-corrected chi connectivity index (χ3v) is 10.9. The lowest BCUT2D eigenvalue weighted by Gasteiger charge is -2.20. The van der Waals surface area contributed by atoms with Crippen molar-refractivity contribution in [2.24, 2.45) is 5.73 Å². The summed E-state index contributed by atoms with van der Waals surface area (Å²) in [7, 11) is -4.74. The molecule has 4 atom stereocenters. The van der Waals surface area contributed by atoms with Gasteiger partial charge in [-0.1, -0.05) is 152 Å². The van der Waals surface area contributed by atoms with Crippen molar-refractivity contribution >= 4 is 25.7 Å². The van der Waals surface area contributed by atoms with Gasteiger partial charge in [0.1, 0.15) is 12.6 Å². The van der Waals surface area contributed by atoms with Crippen LogP contribution in [-0.2, 0) is 37.5 Å². The van der Waals surface area contributed by atoms with Crippen molar-refractivity contribution in [2.75, 3.05) is 19.8 Å². The maximum absolute atomic E-state index is 12.6. The molecule has 0 bridgehead atoms. The van der Waals surface area contributed by atoms with E-state index in [-0.39, 0.29) is 25.6 Å². The fourth-order valence-corrected chi connectivity index (χ4v) is 6.81. The monoisotopic (exact) mass is 882 g/mol. The summed E-state index contributed by atoms with van der Waals surface area (Å²) >= 11 is 0. The van der Waals surface area contributed by atoms with E-state index in [1.165, 1.54) is 83.5 Å². The summed E-state index contributed by atoms with van der Waals surface area (Å²) in [5.41, 5.74) is 5.33. The average molecular weight is 882 g/mol. The number of hydrogen-bond donors (Lipinski definition) is 4. The highest BCUT2D eigenvalue weighted by molar-refractivity contribution is 7.47. The molecule has 0 heterocycles.